The zero-order chi connectivity index (χ0) is 10.3. The minimum Gasteiger partial charge on any atom is -0.398 e. The number of hydrogen-bond donors (Lipinski definition) is 1. The maximum atomic E-state index is 11.7. The van der Waals surface area contributed by atoms with Crippen LogP contribution in [0.5, 0.6) is 0 Å². The lowest BCUT2D eigenvalue weighted by atomic mass is 10.1. The summed E-state index contributed by atoms with van der Waals surface area (Å²) in [6.45, 7) is 1.89. The third-order valence-electron chi connectivity index (χ3n) is 2.44. The van der Waals surface area contributed by atoms with Gasteiger partial charge in [0.15, 0.2) is 0 Å². The van der Waals surface area contributed by atoms with Crippen LogP contribution in [0.1, 0.15) is 5.56 Å². The van der Waals surface area contributed by atoms with Gasteiger partial charge in [-0.15, -0.1) is 0 Å². The number of fused-ring (bicyclic) bond motifs is 1. The first-order valence-corrected chi connectivity index (χ1v) is 4.32. The van der Waals surface area contributed by atoms with Crippen LogP contribution in [0.3, 0.4) is 0 Å². The van der Waals surface area contributed by atoms with E-state index in [0.29, 0.717) is 11.1 Å². The van der Waals surface area contributed by atoms with Gasteiger partial charge in [-0.2, -0.15) is 5.10 Å². The Morgan fingerprint density at radius 2 is 2.07 bits per heavy atom. The van der Waals surface area contributed by atoms with Crippen LogP contribution in [-0.4, -0.2) is 9.78 Å². The lowest BCUT2D eigenvalue weighted by Crippen LogP contribution is -2.19. The van der Waals surface area contributed by atoms with Gasteiger partial charge in [0.1, 0.15) is 0 Å². The Hall–Kier alpha value is -1.84. The van der Waals surface area contributed by atoms with Crippen molar-refractivity contribution in [3.05, 3.63) is 34.2 Å². The van der Waals surface area contributed by atoms with Gasteiger partial charge in [0.2, 0.25) is 0 Å². The zero-order valence-electron chi connectivity index (χ0n) is 8.11. The van der Waals surface area contributed by atoms with E-state index in [2.05, 4.69) is 5.10 Å². The van der Waals surface area contributed by atoms with Crippen molar-refractivity contribution < 1.29 is 0 Å². The number of anilines is 1. The van der Waals surface area contributed by atoms with Crippen LogP contribution in [0, 0.1) is 6.92 Å². The monoisotopic (exact) mass is 189 g/mol. The highest BCUT2D eigenvalue weighted by atomic mass is 16.1. The summed E-state index contributed by atoms with van der Waals surface area (Å²) >= 11 is 0. The molecule has 4 nitrogen and oxygen atoms in total. The lowest BCUT2D eigenvalue weighted by Gasteiger charge is -2.05. The van der Waals surface area contributed by atoms with Crippen molar-refractivity contribution in [2.24, 2.45) is 7.05 Å². The highest BCUT2D eigenvalue weighted by Crippen LogP contribution is 2.19. The molecule has 0 saturated heterocycles. The molecular formula is C10H11N3O. The van der Waals surface area contributed by atoms with Crippen LogP contribution in [0.4, 0.5) is 5.69 Å². The summed E-state index contributed by atoms with van der Waals surface area (Å²) in [6.07, 6.45) is 1.67. The molecule has 4 heteroatoms. The molecular weight excluding hydrogens is 178 g/mol. The fourth-order valence-corrected chi connectivity index (χ4v) is 1.47. The number of hydrogen-bond acceptors (Lipinski definition) is 3. The van der Waals surface area contributed by atoms with Gasteiger partial charge in [-0.3, -0.25) is 4.79 Å². The van der Waals surface area contributed by atoms with E-state index in [-0.39, 0.29) is 5.56 Å². The molecule has 0 spiro atoms. The molecule has 14 heavy (non-hydrogen) atoms. The van der Waals surface area contributed by atoms with Crippen LogP contribution in [0.25, 0.3) is 10.8 Å². The molecule has 0 amide bonds. The van der Waals surface area contributed by atoms with Crippen LogP contribution >= 0.6 is 0 Å². The Morgan fingerprint density at radius 3 is 2.79 bits per heavy atom. The summed E-state index contributed by atoms with van der Waals surface area (Å²) in [7, 11) is 1.63. The van der Waals surface area contributed by atoms with Gasteiger partial charge in [0.05, 0.1) is 11.6 Å². The van der Waals surface area contributed by atoms with Gasteiger partial charge in [-0.05, 0) is 24.6 Å². The predicted octanol–water partition coefficient (Wildman–Crippen LogP) is 0.824. The maximum Gasteiger partial charge on any atom is 0.274 e. The van der Waals surface area contributed by atoms with Crippen LogP contribution in [0.15, 0.2) is 23.1 Å². The quantitative estimate of drug-likeness (QED) is 0.624. The summed E-state index contributed by atoms with van der Waals surface area (Å²) < 4.78 is 1.32. The van der Waals surface area contributed by atoms with Crippen molar-refractivity contribution in [2.75, 3.05) is 5.73 Å². The molecule has 0 aliphatic heterocycles. The summed E-state index contributed by atoms with van der Waals surface area (Å²) in [6, 6.07) is 3.49. The van der Waals surface area contributed by atoms with Gasteiger partial charge in [0.25, 0.3) is 5.56 Å². The number of rotatable bonds is 0. The summed E-state index contributed by atoms with van der Waals surface area (Å²) in [4.78, 5) is 11.7. The van der Waals surface area contributed by atoms with E-state index in [9.17, 15) is 4.79 Å². The second-order valence-corrected chi connectivity index (χ2v) is 3.31. The molecule has 0 bridgehead atoms. The molecule has 0 aliphatic carbocycles. The first-order valence-electron chi connectivity index (χ1n) is 4.32. The normalized spacial score (nSPS) is 10.7. The summed E-state index contributed by atoms with van der Waals surface area (Å²) in [5.41, 5.74) is 7.24. The van der Waals surface area contributed by atoms with Crippen molar-refractivity contribution in [1.29, 1.82) is 0 Å². The summed E-state index contributed by atoms with van der Waals surface area (Å²) in [5.74, 6) is 0. The topological polar surface area (TPSA) is 60.9 Å². The fraction of sp³-hybridized carbons (Fsp3) is 0.200. The zero-order valence-corrected chi connectivity index (χ0v) is 8.11. The molecule has 2 rings (SSSR count). The second-order valence-electron chi connectivity index (χ2n) is 3.31. The van der Waals surface area contributed by atoms with E-state index in [1.165, 1.54) is 4.68 Å². The van der Waals surface area contributed by atoms with Crippen molar-refractivity contribution in [3.63, 3.8) is 0 Å². The summed E-state index contributed by atoms with van der Waals surface area (Å²) in [5, 5.41) is 5.45. The van der Waals surface area contributed by atoms with Gasteiger partial charge in [-0.1, -0.05) is 0 Å². The highest BCUT2D eigenvalue weighted by Gasteiger charge is 2.05. The third-order valence-corrected chi connectivity index (χ3v) is 2.44. The average Bonchev–Trinajstić information content (AvgIpc) is 2.17. The molecule has 0 atom stereocenters. The van der Waals surface area contributed by atoms with E-state index in [4.69, 9.17) is 5.73 Å². The molecule has 0 aliphatic rings. The number of nitrogens with two attached hydrogens (primary N) is 1. The van der Waals surface area contributed by atoms with Crippen molar-refractivity contribution in [2.45, 2.75) is 6.92 Å². The minimum absolute atomic E-state index is 0.0920. The Balaban J connectivity index is 3.02. The van der Waals surface area contributed by atoms with Gasteiger partial charge in [0, 0.05) is 18.1 Å². The number of nitrogens with zero attached hydrogens (tertiary/aromatic N) is 2. The number of aromatic nitrogens is 2. The Kier molecular flexibility index (Phi) is 1.77. The molecule has 1 aromatic heterocycles. The SMILES string of the molecule is Cc1c(N)ccc2c(=O)n(C)ncc12. The first-order chi connectivity index (χ1) is 6.61. The van der Waals surface area contributed by atoms with Crippen molar-refractivity contribution in [3.8, 4) is 0 Å². The molecule has 72 valence electrons. The molecule has 1 heterocycles. The van der Waals surface area contributed by atoms with Gasteiger partial charge in [-0.25, -0.2) is 4.68 Å². The number of benzene rings is 1. The van der Waals surface area contributed by atoms with Crippen molar-refractivity contribution in [1.82, 2.24) is 9.78 Å². The van der Waals surface area contributed by atoms with Gasteiger partial charge >= 0.3 is 0 Å². The Bertz CT molecular complexity index is 557. The van der Waals surface area contributed by atoms with E-state index in [1.807, 2.05) is 6.92 Å². The Morgan fingerprint density at radius 1 is 1.36 bits per heavy atom. The second kappa shape index (κ2) is 2.83. The van der Waals surface area contributed by atoms with E-state index < -0.39 is 0 Å². The molecule has 2 N–H and O–H groups in total. The van der Waals surface area contributed by atoms with Crippen LogP contribution in [0.2, 0.25) is 0 Å². The van der Waals surface area contributed by atoms with Crippen LogP contribution < -0.4 is 11.3 Å². The minimum atomic E-state index is -0.0920. The van der Waals surface area contributed by atoms with E-state index in [1.54, 1.807) is 25.4 Å². The standard InChI is InChI=1S/C10H11N3O/c1-6-8-5-12-13(2)10(14)7(8)3-4-9(6)11/h3-5H,11H2,1-2H3. The lowest BCUT2D eigenvalue weighted by molar-refractivity contribution is 0.718. The predicted molar refractivity (Wildman–Crippen MR) is 56.1 cm³/mol. The Labute approximate surface area is 81.0 Å². The molecule has 1 aromatic carbocycles. The average molecular weight is 189 g/mol. The molecule has 0 saturated carbocycles. The third kappa shape index (κ3) is 1.08. The molecule has 0 radical (unpaired) electrons. The largest absolute Gasteiger partial charge is 0.398 e. The first kappa shape index (κ1) is 8.74. The van der Waals surface area contributed by atoms with Crippen molar-refractivity contribution >= 4 is 16.5 Å². The smallest absolute Gasteiger partial charge is 0.274 e. The van der Waals surface area contributed by atoms with Crippen LogP contribution in [-0.2, 0) is 7.05 Å². The number of nitrogen functional groups attached to an aromatic ring is 1. The molecule has 0 unspecified atom stereocenters. The highest BCUT2D eigenvalue weighted by molar-refractivity contribution is 5.87. The van der Waals surface area contributed by atoms with E-state index in [0.717, 1.165) is 10.9 Å². The van der Waals surface area contributed by atoms with E-state index >= 15 is 0 Å². The molecule has 0 fully saturated rings. The van der Waals surface area contributed by atoms with Gasteiger partial charge < -0.3 is 5.73 Å². The molecule has 2 aromatic rings. The fourth-order valence-electron chi connectivity index (χ4n) is 1.47. The number of aryl methyl sites for hydroxylation is 2. The maximum absolute atomic E-state index is 11.7.